The van der Waals surface area contributed by atoms with Crippen molar-refractivity contribution in [3.05, 3.63) is 24.3 Å². The van der Waals surface area contributed by atoms with Crippen molar-refractivity contribution in [1.82, 2.24) is 5.32 Å². The zero-order valence-corrected chi connectivity index (χ0v) is 10.7. The number of urea groups is 1. The number of amides is 3. The highest BCUT2D eigenvalue weighted by Gasteiger charge is 2.26. The zero-order chi connectivity index (χ0) is 14.1. The summed E-state index contributed by atoms with van der Waals surface area (Å²) < 4.78 is 4.94. The summed E-state index contributed by atoms with van der Waals surface area (Å²) in [6.45, 7) is 5.18. The number of rotatable bonds is 5. The second-order valence-electron chi connectivity index (χ2n) is 3.84. The van der Waals surface area contributed by atoms with Crippen molar-refractivity contribution in [3.8, 4) is 0 Å². The lowest BCUT2D eigenvalue weighted by atomic mass is 10.1. The molecule has 0 radical (unpaired) electrons. The monoisotopic (exact) mass is 254 g/mol. The molecule has 6 nitrogen and oxygen atoms in total. The van der Waals surface area contributed by atoms with E-state index >= 15 is 0 Å². The van der Waals surface area contributed by atoms with Crippen molar-refractivity contribution in [2.75, 3.05) is 0 Å². The van der Waals surface area contributed by atoms with Gasteiger partial charge in [0.25, 0.3) is 5.91 Å². The molecule has 6 heteroatoms. The van der Waals surface area contributed by atoms with Crippen LogP contribution in [0.4, 0.5) is 4.79 Å². The Bertz CT molecular complexity index is 372. The highest BCUT2D eigenvalue weighted by molar-refractivity contribution is 5.97. The number of carbonyl (C=O) groups is 3. The summed E-state index contributed by atoms with van der Waals surface area (Å²) in [7, 11) is 0. The Morgan fingerprint density at radius 3 is 2.28 bits per heavy atom. The SMILES string of the molecule is C/C=C/C=C/C(=O)OC(C(=O)NC(N)=O)C(C)C. The fourth-order valence-corrected chi connectivity index (χ4v) is 1.09. The molecular formula is C12H18N2O4. The van der Waals surface area contributed by atoms with Gasteiger partial charge >= 0.3 is 12.0 Å². The Kier molecular flexibility index (Phi) is 7.11. The predicted octanol–water partition coefficient (Wildman–Crippen LogP) is 0.881. The maximum atomic E-state index is 11.5. The van der Waals surface area contributed by atoms with Gasteiger partial charge in [0.05, 0.1) is 0 Å². The van der Waals surface area contributed by atoms with Crippen LogP contribution in [-0.2, 0) is 14.3 Å². The van der Waals surface area contributed by atoms with Gasteiger partial charge in [-0.15, -0.1) is 0 Å². The number of carbonyl (C=O) groups excluding carboxylic acids is 3. The van der Waals surface area contributed by atoms with Gasteiger partial charge in [-0.05, 0) is 12.8 Å². The van der Waals surface area contributed by atoms with Crippen molar-refractivity contribution < 1.29 is 19.1 Å². The van der Waals surface area contributed by atoms with E-state index in [1.165, 1.54) is 12.2 Å². The van der Waals surface area contributed by atoms with Crippen LogP contribution in [0.3, 0.4) is 0 Å². The van der Waals surface area contributed by atoms with Crippen molar-refractivity contribution in [2.24, 2.45) is 11.7 Å². The van der Waals surface area contributed by atoms with Gasteiger partial charge < -0.3 is 10.5 Å². The van der Waals surface area contributed by atoms with Crippen molar-refractivity contribution in [1.29, 1.82) is 0 Å². The summed E-state index contributed by atoms with van der Waals surface area (Å²) >= 11 is 0. The lowest BCUT2D eigenvalue weighted by Crippen LogP contribution is -2.45. The standard InChI is InChI=1S/C12H18N2O4/c1-4-5-6-7-9(15)18-10(8(2)3)11(16)14-12(13)17/h4-8,10H,1-3H3,(H3,13,14,16,17)/b5-4+,7-6+. The van der Waals surface area contributed by atoms with Crippen molar-refractivity contribution in [2.45, 2.75) is 26.9 Å². The van der Waals surface area contributed by atoms with E-state index in [4.69, 9.17) is 10.5 Å². The second-order valence-corrected chi connectivity index (χ2v) is 3.84. The Morgan fingerprint density at radius 1 is 1.22 bits per heavy atom. The van der Waals surface area contributed by atoms with Crippen LogP contribution in [0, 0.1) is 5.92 Å². The number of primary amides is 1. The van der Waals surface area contributed by atoms with E-state index in [1.807, 2.05) is 5.32 Å². The normalized spacial score (nSPS) is 12.9. The molecule has 0 heterocycles. The van der Waals surface area contributed by atoms with Crippen LogP contribution in [0.2, 0.25) is 0 Å². The molecule has 0 fully saturated rings. The first-order valence-corrected chi connectivity index (χ1v) is 5.48. The summed E-state index contributed by atoms with van der Waals surface area (Å²) in [6.07, 6.45) is 5.01. The molecule has 18 heavy (non-hydrogen) atoms. The first-order valence-electron chi connectivity index (χ1n) is 5.48. The minimum absolute atomic E-state index is 0.275. The Balaban J connectivity index is 4.58. The first kappa shape index (κ1) is 15.9. The number of hydrogen-bond donors (Lipinski definition) is 2. The van der Waals surface area contributed by atoms with E-state index < -0.39 is 24.0 Å². The molecule has 0 saturated heterocycles. The highest BCUT2D eigenvalue weighted by atomic mass is 16.5. The fourth-order valence-electron chi connectivity index (χ4n) is 1.09. The Labute approximate surface area is 106 Å². The topological polar surface area (TPSA) is 98.5 Å². The number of nitrogens with one attached hydrogen (secondary N) is 1. The molecule has 0 spiro atoms. The maximum absolute atomic E-state index is 11.5. The van der Waals surface area contributed by atoms with Gasteiger partial charge in [0.15, 0.2) is 6.10 Å². The van der Waals surface area contributed by atoms with Gasteiger partial charge in [0.2, 0.25) is 0 Å². The molecule has 0 saturated carbocycles. The summed E-state index contributed by atoms with van der Waals surface area (Å²) in [5.41, 5.74) is 4.83. The van der Waals surface area contributed by atoms with Crippen LogP contribution in [0.25, 0.3) is 0 Å². The summed E-state index contributed by atoms with van der Waals surface area (Å²) in [4.78, 5) is 33.5. The average molecular weight is 254 g/mol. The summed E-state index contributed by atoms with van der Waals surface area (Å²) in [5, 5.41) is 1.88. The molecular weight excluding hydrogens is 236 g/mol. The van der Waals surface area contributed by atoms with Gasteiger partial charge in [0, 0.05) is 6.08 Å². The third kappa shape index (κ3) is 6.47. The van der Waals surface area contributed by atoms with Gasteiger partial charge in [-0.3, -0.25) is 10.1 Å². The van der Waals surface area contributed by atoms with E-state index in [0.717, 1.165) is 0 Å². The van der Waals surface area contributed by atoms with Crippen molar-refractivity contribution >= 4 is 17.9 Å². The first-order chi connectivity index (χ1) is 8.38. The third-order valence-corrected chi connectivity index (χ3v) is 1.89. The molecule has 0 aromatic rings. The second kappa shape index (κ2) is 8.05. The van der Waals surface area contributed by atoms with Gasteiger partial charge in [0.1, 0.15) is 0 Å². The lowest BCUT2D eigenvalue weighted by Gasteiger charge is -2.18. The van der Waals surface area contributed by atoms with Crippen molar-refractivity contribution in [3.63, 3.8) is 0 Å². The molecule has 0 aliphatic carbocycles. The summed E-state index contributed by atoms with van der Waals surface area (Å²) in [6, 6.07) is -0.980. The van der Waals surface area contributed by atoms with E-state index in [9.17, 15) is 14.4 Å². The van der Waals surface area contributed by atoms with Gasteiger partial charge in [-0.25, -0.2) is 9.59 Å². The summed E-state index contributed by atoms with van der Waals surface area (Å²) in [5.74, 6) is -1.67. The minimum Gasteiger partial charge on any atom is -0.449 e. The molecule has 0 aliphatic heterocycles. The number of allylic oxidation sites excluding steroid dienone is 3. The van der Waals surface area contributed by atoms with E-state index in [1.54, 1.807) is 32.9 Å². The molecule has 1 unspecified atom stereocenters. The molecule has 1 atom stereocenters. The lowest BCUT2D eigenvalue weighted by molar-refractivity contribution is -0.153. The number of nitrogens with two attached hydrogens (primary N) is 1. The van der Waals surface area contributed by atoms with Crippen LogP contribution in [0.5, 0.6) is 0 Å². The quantitative estimate of drug-likeness (QED) is 0.432. The average Bonchev–Trinajstić information content (AvgIpc) is 2.24. The number of imide groups is 1. The smallest absolute Gasteiger partial charge is 0.331 e. The maximum Gasteiger partial charge on any atom is 0.331 e. The van der Waals surface area contributed by atoms with Gasteiger partial charge in [-0.1, -0.05) is 32.1 Å². The van der Waals surface area contributed by atoms with E-state index in [-0.39, 0.29) is 5.92 Å². The van der Waals surface area contributed by atoms with Crippen LogP contribution in [0.15, 0.2) is 24.3 Å². The fraction of sp³-hybridized carbons (Fsp3) is 0.417. The largest absolute Gasteiger partial charge is 0.449 e. The molecule has 100 valence electrons. The third-order valence-electron chi connectivity index (χ3n) is 1.89. The van der Waals surface area contributed by atoms with E-state index in [0.29, 0.717) is 0 Å². The molecule has 0 aromatic carbocycles. The highest BCUT2D eigenvalue weighted by Crippen LogP contribution is 2.07. The zero-order valence-electron chi connectivity index (χ0n) is 10.7. The van der Waals surface area contributed by atoms with E-state index in [2.05, 4.69) is 0 Å². The molecule has 0 rings (SSSR count). The molecule has 3 amide bonds. The molecule has 0 bridgehead atoms. The van der Waals surface area contributed by atoms with Crippen LogP contribution in [-0.4, -0.2) is 24.0 Å². The Hall–Kier alpha value is -2.11. The number of esters is 1. The Morgan fingerprint density at radius 2 is 1.83 bits per heavy atom. The minimum atomic E-state index is -1.06. The number of ether oxygens (including phenoxy) is 1. The van der Waals surface area contributed by atoms with Crippen LogP contribution >= 0.6 is 0 Å². The molecule has 3 N–H and O–H groups in total. The van der Waals surface area contributed by atoms with Gasteiger partial charge in [-0.2, -0.15) is 0 Å². The predicted molar refractivity (Wildman–Crippen MR) is 66.4 cm³/mol. The number of hydrogen-bond acceptors (Lipinski definition) is 4. The van der Waals surface area contributed by atoms with Crippen LogP contribution < -0.4 is 11.1 Å². The van der Waals surface area contributed by atoms with Crippen LogP contribution in [0.1, 0.15) is 20.8 Å². The molecule has 0 aromatic heterocycles. The molecule has 0 aliphatic rings.